The van der Waals surface area contributed by atoms with Crippen LogP contribution in [0.2, 0.25) is 0 Å². The SMILES string of the molecule is CCC(CC)(NCc1cccc2cccnc12)C(=O)O. The van der Waals surface area contributed by atoms with Crippen LogP contribution in [-0.2, 0) is 11.3 Å². The van der Waals surface area contributed by atoms with E-state index < -0.39 is 11.5 Å². The van der Waals surface area contributed by atoms with Crippen LogP contribution in [0.3, 0.4) is 0 Å². The van der Waals surface area contributed by atoms with Crippen molar-refractivity contribution in [3.63, 3.8) is 0 Å². The fourth-order valence-electron chi connectivity index (χ4n) is 2.45. The lowest BCUT2D eigenvalue weighted by molar-refractivity contribution is -0.145. The second-order valence-corrected chi connectivity index (χ2v) is 4.94. The number of carboxylic acid groups (broad SMARTS) is 1. The second kappa shape index (κ2) is 6.01. The Morgan fingerprint density at radius 3 is 2.60 bits per heavy atom. The summed E-state index contributed by atoms with van der Waals surface area (Å²) in [6, 6.07) is 9.88. The van der Waals surface area contributed by atoms with Crippen molar-refractivity contribution in [2.45, 2.75) is 38.8 Å². The number of nitrogens with zero attached hydrogens (tertiary/aromatic N) is 1. The Hall–Kier alpha value is -1.94. The van der Waals surface area contributed by atoms with Gasteiger partial charge in [0.2, 0.25) is 0 Å². The lowest BCUT2D eigenvalue weighted by Gasteiger charge is -2.28. The van der Waals surface area contributed by atoms with Crippen molar-refractivity contribution in [3.05, 3.63) is 42.1 Å². The average molecular weight is 272 g/mol. The Kier molecular flexibility index (Phi) is 4.35. The summed E-state index contributed by atoms with van der Waals surface area (Å²) in [5.74, 6) is -0.796. The topological polar surface area (TPSA) is 62.2 Å². The number of aromatic nitrogens is 1. The number of hydrogen-bond donors (Lipinski definition) is 2. The Morgan fingerprint density at radius 1 is 1.25 bits per heavy atom. The molecule has 2 rings (SSSR count). The predicted molar refractivity (Wildman–Crippen MR) is 79.5 cm³/mol. The zero-order valence-electron chi connectivity index (χ0n) is 11.9. The highest BCUT2D eigenvalue weighted by atomic mass is 16.4. The fourth-order valence-corrected chi connectivity index (χ4v) is 2.45. The molecule has 0 atom stereocenters. The van der Waals surface area contributed by atoms with E-state index in [1.54, 1.807) is 6.20 Å². The van der Waals surface area contributed by atoms with Gasteiger partial charge in [0.15, 0.2) is 0 Å². The van der Waals surface area contributed by atoms with Crippen LogP contribution in [0, 0.1) is 0 Å². The third-order valence-electron chi connectivity index (χ3n) is 3.95. The summed E-state index contributed by atoms with van der Waals surface area (Å²) in [5, 5.41) is 13.7. The normalized spacial score (nSPS) is 11.7. The van der Waals surface area contributed by atoms with Crippen LogP contribution in [0.1, 0.15) is 32.3 Å². The summed E-state index contributed by atoms with van der Waals surface area (Å²) < 4.78 is 0. The van der Waals surface area contributed by atoms with E-state index in [1.807, 2.05) is 44.2 Å². The van der Waals surface area contributed by atoms with Crippen molar-refractivity contribution in [1.82, 2.24) is 10.3 Å². The number of hydrogen-bond acceptors (Lipinski definition) is 3. The van der Waals surface area contributed by atoms with Gasteiger partial charge in [-0.3, -0.25) is 15.1 Å². The maximum absolute atomic E-state index is 11.5. The van der Waals surface area contributed by atoms with Gasteiger partial charge in [-0.05, 0) is 24.5 Å². The summed E-state index contributed by atoms with van der Waals surface area (Å²) in [5.41, 5.74) is 1.08. The highest BCUT2D eigenvalue weighted by Gasteiger charge is 2.34. The minimum Gasteiger partial charge on any atom is -0.480 e. The van der Waals surface area contributed by atoms with Gasteiger partial charge >= 0.3 is 5.97 Å². The summed E-state index contributed by atoms with van der Waals surface area (Å²) in [4.78, 5) is 15.9. The Morgan fingerprint density at radius 2 is 1.95 bits per heavy atom. The molecule has 1 aromatic carbocycles. The highest BCUT2D eigenvalue weighted by Crippen LogP contribution is 2.20. The van der Waals surface area contributed by atoms with Crippen molar-refractivity contribution in [3.8, 4) is 0 Å². The van der Waals surface area contributed by atoms with E-state index in [1.165, 1.54) is 0 Å². The van der Waals surface area contributed by atoms with E-state index in [-0.39, 0.29) is 0 Å². The molecule has 0 spiro atoms. The smallest absolute Gasteiger partial charge is 0.323 e. The first-order valence-electron chi connectivity index (χ1n) is 6.94. The molecule has 0 fully saturated rings. The monoisotopic (exact) mass is 272 g/mol. The number of aliphatic carboxylic acids is 1. The zero-order chi connectivity index (χ0) is 14.6. The molecule has 0 saturated carbocycles. The molecule has 4 nitrogen and oxygen atoms in total. The summed E-state index contributed by atoms with van der Waals surface area (Å²) in [6.45, 7) is 4.29. The maximum atomic E-state index is 11.5. The molecule has 1 heterocycles. The number of nitrogens with one attached hydrogen (secondary N) is 1. The Balaban J connectivity index is 2.27. The molecule has 0 amide bonds. The van der Waals surface area contributed by atoms with Crippen LogP contribution in [0.15, 0.2) is 36.5 Å². The first-order valence-corrected chi connectivity index (χ1v) is 6.94. The molecule has 20 heavy (non-hydrogen) atoms. The van der Waals surface area contributed by atoms with Crippen LogP contribution in [0.4, 0.5) is 0 Å². The number of carbonyl (C=O) groups is 1. The minimum absolute atomic E-state index is 0.502. The van der Waals surface area contributed by atoms with Crippen molar-refractivity contribution < 1.29 is 9.90 Å². The number of para-hydroxylation sites is 1. The molecule has 2 aromatic rings. The molecule has 0 unspecified atom stereocenters. The van der Waals surface area contributed by atoms with E-state index in [9.17, 15) is 9.90 Å². The zero-order valence-corrected chi connectivity index (χ0v) is 11.9. The van der Waals surface area contributed by atoms with Gasteiger partial charge in [-0.2, -0.15) is 0 Å². The number of pyridine rings is 1. The molecule has 4 heteroatoms. The first kappa shape index (κ1) is 14.5. The van der Waals surface area contributed by atoms with Gasteiger partial charge in [0, 0.05) is 18.1 Å². The van der Waals surface area contributed by atoms with Gasteiger partial charge in [-0.15, -0.1) is 0 Å². The molecule has 0 bridgehead atoms. The lowest BCUT2D eigenvalue weighted by Crippen LogP contribution is -2.50. The van der Waals surface area contributed by atoms with Gasteiger partial charge in [0.1, 0.15) is 5.54 Å². The highest BCUT2D eigenvalue weighted by molar-refractivity contribution is 5.82. The molecule has 0 aliphatic rings. The fraction of sp³-hybridized carbons (Fsp3) is 0.375. The largest absolute Gasteiger partial charge is 0.480 e. The maximum Gasteiger partial charge on any atom is 0.323 e. The molecule has 0 aliphatic carbocycles. The van der Waals surface area contributed by atoms with Crippen LogP contribution in [-0.4, -0.2) is 21.6 Å². The molecule has 0 saturated heterocycles. The summed E-state index contributed by atoms with van der Waals surface area (Å²) in [7, 11) is 0. The third-order valence-corrected chi connectivity index (χ3v) is 3.95. The predicted octanol–water partition coefficient (Wildman–Crippen LogP) is 2.97. The van der Waals surface area contributed by atoms with Crippen LogP contribution in [0.25, 0.3) is 10.9 Å². The summed E-state index contributed by atoms with van der Waals surface area (Å²) in [6.07, 6.45) is 2.87. The van der Waals surface area contributed by atoms with Crippen molar-refractivity contribution in [2.24, 2.45) is 0 Å². The van der Waals surface area contributed by atoms with E-state index in [2.05, 4.69) is 10.3 Å². The minimum atomic E-state index is -0.864. The van der Waals surface area contributed by atoms with Crippen molar-refractivity contribution >= 4 is 16.9 Å². The Labute approximate surface area is 118 Å². The van der Waals surface area contributed by atoms with Crippen LogP contribution in [0.5, 0.6) is 0 Å². The van der Waals surface area contributed by atoms with E-state index in [0.717, 1.165) is 16.5 Å². The quantitative estimate of drug-likeness (QED) is 0.848. The summed E-state index contributed by atoms with van der Waals surface area (Å²) >= 11 is 0. The molecular formula is C16H20N2O2. The number of benzene rings is 1. The van der Waals surface area contributed by atoms with Crippen molar-refractivity contribution in [1.29, 1.82) is 0 Å². The number of fused-ring (bicyclic) bond motifs is 1. The number of carboxylic acids is 1. The van der Waals surface area contributed by atoms with Crippen molar-refractivity contribution in [2.75, 3.05) is 0 Å². The standard InChI is InChI=1S/C16H20N2O2/c1-3-16(4-2,15(19)20)18-11-13-8-5-7-12-9-6-10-17-14(12)13/h5-10,18H,3-4,11H2,1-2H3,(H,19,20). The van der Waals surface area contributed by atoms with Crippen LogP contribution < -0.4 is 5.32 Å². The average Bonchev–Trinajstić information content (AvgIpc) is 2.48. The first-order chi connectivity index (χ1) is 9.63. The van der Waals surface area contributed by atoms with Gasteiger partial charge in [-0.1, -0.05) is 38.1 Å². The van der Waals surface area contributed by atoms with Gasteiger partial charge in [0.25, 0.3) is 0 Å². The molecular weight excluding hydrogens is 252 g/mol. The van der Waals surface area contributed by atoms with E-state index in [4.69, 9.17) is 0 Å². The third kappa shape index (κ3) is 2.65. The van der Waals surface area contributed by atoms with Gasteiger partial charge in [0.05, 0.1) is 5.52 Å². The molecule has 0 radical (unpaired) electrons. The van der Waals surface area contributed by atoms with Gasteiger partial charge in [-0.25, -0.2) is 0 Å². The van der Waals surface area contributed by atoms with E-state index in [0.29, 0.717) is 19.4 Å². The second-order valence-electron chi connectivity index (χ2n) is 4.94. The molecule has 106 valence electrons. The van der Waals surface area contributed by atoms with Gasteiger partial charge < -0.3 is 5.11 Å². The number of rotatable bonds is 6. The Bertz CT molecular complexity index is 601. The van der Waals surface area contributed by atoms with E-state index >= 15 is 0 Å². The lowest BCUT2D eigenvalue weighted by atomic mass is 9.92. The molecule has 1 aromatic heterocycles. The molecule has 0 aliphatic heterocycles. The van der Waals surface area contributed by atoms with Crippen LogP contribution >= 0.6 is 0 Å². The molecule has 2 N–H and O–H groups in total.